The van der Waals surface area contributed by atoms with Crippen LogP contribution in [0.3, 0.4) is 0 Å². The van der Waals surface area contributed by atoms with E-state index in [0.717, 1.165) is 17.8 Å². The van der Waals surface area contributed by atoms with Gasteiger partial charge in [-0.2, -0.15) is 13.2 Å². The molecule has 1 aromatic carbocycles. The summed E-state index contributed by atoms with van der Waals surface area (Å²) in [4.78, 5) is 6.26. The van der Waals surface area contributed by atoms with Crippen LogP contribution in [0.5, 0.6) is 0 Å². The van der Waals surface area contributed by atoms with Gasteiger partial charge in [0.15, 0.2) is 0 Å². The molecule has 8 heteroatoms. The first-order valence-corrected chi connectivity index (χ1v) is 7.88. The minimum atomic E-state index is -4.35. The fourth-order valence-corrected chi connectivity index (χ4v) is 2.91. The maximum Gasteiger partial charge on any atom is 0.416 e. The van der Waals surface area contributed by atoms with Crippen LogP contribution in [0.15, 0.2) is 29.6 Å². The second-order valence-electron chi connectivity index (χ2n) is 4.94. The summed E-state index contributed by atoms with van der Waals surface area (Å²) in [6, 6.07) is 4.90. The van der Waals surface area contributed by atoms with E-state index >= 15 is 0 Å². The van der Waals surface area contributed by atoms with Crippen LogP contribution in [-0.2, 0) is 12.7 Å². The first-order valence-electron chi connectivity index (χ1n) is 7.00. The molecule has 23 heavy (non-hydrogen) atoms. The van der Waals surface area contributed by atoms with E-state index in [4.69, 9.17) is 10.2 Å². The number of hydrogen-bond donors (Lipinski definition) is 2. The number of aromatic nitrogens is 1. The van der Waals surface area contributed by atoms with Crippen LogP contribution in [0.2, 0.25) is 0 Å². The third kappa shape index (κ3) is 5.00. The van der Waals surface area contributed by atoms with E-state index in [1.807, 2.05) is 10.3 Å². The van der Waals surface area contributed by atoms with Crippen LogP contribution >= 0.6 is 11.3 Å². The third-order valence-electron chi connectivity index (χ3n) is 3.23. The van der Waals surface area contributed by atoms with Crippen molar-refractivity contribution in [2.45, 2.75) is 12.7 Å². The number of hydrogen-bond acceptors (Lipinski definition) is 5. The lowest BCUT2D eigenvalue weighted by Gasteiger charge is -2.18. The number of aliphatic hydroxyl groups is 2. The zero-order valence-corrected chi connectivity index (χ0v) is 13.1. The quantitative estimate of drug-likeness (QED) is 0.809. The highest BCUT2D eigenvalue weighted by Crippen LogP contribution is 2.31. The molecule has 0 radical (unpaired) electrons. The van der Waals surface area contributed by atoms with Gasteiger partial charge in [-0.05, 0) is 12.1 Å². The predicted octanol–water partition coefficient (Wildman–Crippen LogP) is 2.62. The molecular formula is C15H17F3N2O2S. The number of benzene rings is 1. The highest BCUT2D eigenvalue weighted by Gasteiger charge is 2.30. The Kier molecular flexibility index (Phi) is 6.11. The van der Waals surface area contributed by atoms with Gasteiger partial charge < -0.3 is 10.2 Å². The molecule has 0 aliphatic carbocycles. The Bertz CT molecular complexity index is 608. The van der Waals surface area contributed by atoms with E-state index in [1.165, 1.54) is 23.5 Å². The fraction of sp³-hybridized carbons (Fsp3) is 0.400. The van der Waals surface area contributed by atoms with Crippen LogP contribution < -0.4 is 0 Å². The molecule has 0 atom stereocenters. The molecule has 2 N–H and O–H groups in total. The van der Waals surface area contributed by atoms with Crippen molar-refractivity contribution in [1.82, 2.24) is 9.88 Å². The molecule has 0 aliphatic heterocycles. The Morgan fingerprint density at radius 3 is 2.17 bits per heavy atom. The summed E-state index contributed by atoms with van der Waals surface area (Å²) in [6.07, 6.45) is -4.35. The molecule has 0 bridgehead atoms. The van der Waals surface area contributed by atoms with E-state index in [2.05, 4.69) is 4.98 Å². The van der Waals surface area contributed by atoms with Gasteiger partial charge in [-0.1, -0.05) is 12.1 Å². The smallest absolute Gasteiger partial charge is 0.395 e. The first kappa shape index (κ1) is 17.9. The molecule has 1 aromatic heterocycles. The summed E-state index contributed by atoms with van der Waals surface area (Å²) in [6.45, 7) is 1.28. The maximum atomic E-state index is 12.6. The lowest BCUT2D eigenvalue weighted by atomic mass is 10.1. The van der Waals surface area contributed by atoms with Crippen molar-refractivity contribution >= 4 is 11.3 Å². The van der Waals surface area contributed by atoms with E-state index in [1.54, 1.807) is 0 Å². The lowest BCUT2D eigenvalue weighted by Crippen LogP contribution is -2.29. The van der Waals surface area contributed by atoms with Crippen LogP contribution in [0.1, 0.15) is 11.3 Å². The molecule has 0 saturated carbocycles. The lowest BCUT2D eigenvalue weighted by molar-refractivity contribution is -0.137. The molecule has 1 heterocycles. The van der Waals surface area contributed by atoms with E-state index in [9.17, 15) is 13.2 Å². The van der Waals surface area contributed by atoms with Crippen molar-refractivity contribution in [3.05, 3.63) is 40.9 Å². The molecule has 4 nitrogen and oxygen atoms in total. The van der Waals surface area contributed by atoms with E-state index < -0.39 is 11.7 Å². The van der Waals surface area contributed by atoms with E-state index in [-0.39, 0.29) is 13.2 Å². The minimum Gasteiger partial charge on any atom is -0.395 e. The highest BCUT2D eigenvalue weighted by atomic mass is 32.1. The Morgan fingerprint density at radius 1 is 1.04 bits per heavy atom. The Hall–Kier alpha value is -1.48. The largest absolute Gasteiger partial charge is 0.416 e. The van der Waals surface area contributed by atoms with Gasteiger partial charge in [0.2, 0.25) is 0 Å². The summed E-state index contributed by atoms with van der Waals surface area (Å²) < 4.78 is 37.7. The molecule has 0 amide bonds. The number of alkyl halides is 3. The van der Waals surface area contributed by atoms with Gasteiger partial charge >= 0.3 is 6.18 Å². The normalized spacial score (nSPS) is 12.1. The molecule has 0 spiro atoms. The molecule has 2 aromatic rings. The highest BCUT2D eigenvalue weighted by molar-refractivity contribution is 7.13. The first-order chi connectivity index (χ1) is 10.9. The molecular weight excluding hydrogens is 329 g/mol. The van der Waals surface area contributed by atoms with Crippen molar-refractivity contribution in [1.29, 1.82) is 0 Å². The zero-order valence-electron chi connectivity index (χ0n) is 12.3. The SMILES string of the molecule is OCCN(CCO)Cc1csc(-c2ccc(C(F)(F)F)cc2)n1. The number of nitrogens with zero attached hydrogens (tertiary/aromatic N) is 2. The summed E-state index contributed by atoms with van der Waals surface area (Å²) in [7, 11) is 0. The minimum absolute atomic E-state index is 0.0180. The van der Waals surface area contributed by atoms with Gasteiger partial charge in [0.1, 0.15) is 5.01 Å². The number of rotatable bonds is 7. The van der Waals surface area contributed by atoms with Crippen molar-refractivity contribution < 1.29 is 23.4 Å². The summed E-state index contributed by atoms with van der Waals surface area (Å²) in [5.74, 6) is 0. The zero-order chi connectivity index (χ0) is 16.9. The number of halogens is 3. The van der Waals surface area contributed by atoms with Crippen LogP contribution in [0.4, 0.5) is 13.2 Å². The van der Waals surface area contributed by atoms with Crippen LogP contribution in [0.25, 0.3) is 10.6 Å². The molecule has 0 saturated heterocycles. The van der Waals surface area contributed by atoms with Gasteiger partial charge in [0.05, 0.1) is 24.5 Å². The average Bonchev–Trinajstić information content (AvgIpc) is 2.95. The predicted molar refractivity (Wildman–Crippen MR) is 82.0 cm³/mol. The van der Waals surface area contributed by atoms with Crippen molar-refractivity contribution in [3.8, 4) is 10.6 Å². The summed E-state index contributed by atoms with van der Waals surface area (Å²) in [5.41, 5.74) is 0.701. The third-order valence-corrected chi connectivity index (χ3v) is 4.17. The summed E-state index contributed by atoms with van der Waals surface area (Å²) >= 11 is 1.35. The molecule has 0 aliphatic rings. The van der Waals surface area contributed by atoms with Crippen molar-refractivity contribution in [3.63, 3.8) is 0 Å². The second-order valence-corrected chi connectivity index (χ2v) is 5.80. The van der Waals surface area contributed by atoms with Crippen LogP contribution in [-0.4, -0.2) is 46.4 Å². The van der Waals surface area contributed by atoms with Gasteiger partial charge in [0, 0.05) is 30.6 Å². The standard InChI is InChI=1S/C15H17F3N2O2S/c16-15(17,18)12-3-1-11(2-4-12)14-19-13(10-23-14)9-20(5-7-21)6-8-22/h1-4,10,21-22H,5-9H2. The Morgan fingerprint density at radius 2 is 1.65 bits per heavy atom. The van der Waals surface area contributed by atoms with Crippen molar-refractivity contribution in [2.24, 2.45) is 0 Å². The molecule has 2 rings (SSSR count). The fourth-order valence-electron chi connectivity index (χ4n) is 2.10. The Labute approximate surface area is 135 Å². The number of thiazole rings is 1. The number of aliphatic hydroxyl groups excluding tert-OH is 2. The van der Waals surface area contributed by atoms with Gasteiger partial charge in [-0.3, -0.25) is 4.90 Å². The average molecular weight is 346 g/mol. The molecule has 0 unspecified atom stereocenters. The Balaban J connectivity index is 2.09. The van der Waals surface area contributed by atoms with E-state index in [0.29, 0.717) is 30.2 Å². The maximum absolute atomic E-state index is 12.6. The van der Waals surface area contributed by atoms with Gasteiger partial charge in [-0.15, -0.1) is 11.3 Å². The molecule has 126 valence electrons. The van der Waals surface area contributed by atoms with Gasteiger partial charge in [0.25, 0.3) is 0 Å². The summed E-state index contributed by atoms with van der Waals surface area (Å²) in [5, 5.41) is 20.4. The molecule has 0 fully saturated rings. The second kappa shape index (κ2) is 7.87. The topological polar surface area (TPSA) is 56.6 Å². The monoisotopic (exact) mass is 346 g/mol. The van der Waals surface area contributed by atoms with Gasteiger partial charge in [-0.25, -0.2) is 4.98 Å². The van der Waals surface area contributed by atoms with Crippen molar-refractivity contribution in [2.75, 3.05) is 26.3 Å². The van der Waals surface area contributed by atoms with Crippen LogP contribution in [0, 0.1) is 0 Å².